The Morgan fingerprint density at radius 3 is 2.64 bits per heavy atom. The Labute approximate surface area is 139 Å². The lowest BCUT2D eigenvalue weighted by molar-refractivity contribution is 0.0295. The molecule has 1 aromatic heterocycles. The molecule has 1 amide bonds. The topological polar surface area (TPSA) is 58.2 Å². The minimum atomic E-state index is -0.361. The van der Waals surface area contributed by atoms with Gasteiger partial charge in [0.2, 0.25) is 0 Å². The normalized spacial score (nSPS) is 14.6. The first kappa shape index (κ1) is 16.8. The molecule has 1 saturated heterocycles. The minimum absolute atomic E-state index is 0.167. The zero-order chi connectivity index (χ0) is 16.2. The lowest BCUT2D eigenvalue weighted by atomic mass is 10.2. The summed E-state index contributed by atoms with van der Waals surface area (Å²) in [5, 5.41) is 0. The number of hydrogen-bond donors (Lipinski definition) is 1. The summed E-state index contributed by atoms with van der Waals surface area (Å²) >= 11 is 3.37. The molecule has 1 aromatic carbocycles. The molecule has 0 aliphatic carbocycles. The number of nitrogens with zero attached hydrogens (tertiary/aromatic N) is 2. The van der Waals surface area contributed by atoms with Crippen LogP contribution in [-0.2, 0) is 4.74 Å². The number of fused-ring (bicyclic) bond motifs is 1. The van der Waals surface area contributed by atoms with Gasteiger partial charge >= 0.3 is 6.09 Å². The van der Waals surface area contributed by atoms with Crippen molar-refractivity contribution in [1.82, 2.24) is 14.9 Å². The first-order valence-electron chi connectivity index (χ1n) is 7.42. The summed E-state index contributed by atoms with van der Waals surface area (Å²) in [7, 11) is 0. The van der Waals surface area contributed by atoms with E-state index < -0.39 is 0 Å². The summed E-state index contributed by atoms with van der Waals surface area (Å²) in [5.41, 5.74) is 1.71. The predicted octanol–water partition coefficient (Wildman–Crippen LogP) is 4.34. The van der Waals surface area contributed by atoms with Crippen LogP contribution >= 0.6 is 15.9 Å². The van der Waals surface area contributed by atoms with E-state index in [9.17, 15) is 4.79 Å². The van der Waals surface area contributed by atoms with Crippen LogP contribution < -0.4 is 0 Å². The van der Waals surface area contributed by atoms with Crippen molar-refractivity contribution >= 4 is 33.1 Å². The van der Waals surface area contributed by atoms with E-state index in [1.54, 1.807) is 11.2 Å². The second-order valence-corrected chi connectivity index (χ2v) is 7.15. The summed E-state index contributed by atoms with van der Waals surface area (Å²) in [6.07, 6.45) is 3.75. The van der Waals surface area contributed by atoms with Crippen LogP contribution in [0.25, 0.3) is 11.0 Å². The summed E-state index contributed by atoms with van der Waals surface area (Å²) in [5.74, 6) is 0. The van der Waals surface area contributed by atoms with Gasteiger partial charge in [-0.1, -0.05) is 15.9 Å². The Hall–Kier alpha value is -1.56. The van der Waals surface area contributed by atoms with Crippen molar-refractivity contribution in [3.05, 3.63) is 29.0 Å². The van der Waals surface area contributed by atoms with Crippen molar-refractivity contribution in [3.8, 4) is 0 Å². The molecule has 22 heavy (non-hydrogen) atoms. The smallest absolute Gasteiger partial charge is 0.410 e. The quantitative estimate of drug-likeness (QED) is 0.753. The molecule has 3 rings (SSSR count). The lowest BCUT2D eigenvalue weighted by Gasteiger charge is -2.23. The van der Waals surface area contributed by atoms with E-state index in [-0.39, 0.29) is 11.7 Å². The van der Waals surface area contributed by atoms with E-state index in [0.29, 0.717) is 0 Å². The van der Waals surface area contributed by atoms with Gasteiger partial charge in [-0.05, 0) is 51.8 Å². The molecule has 6 heteroatoms. The molecule has 1 N–H and O–H groups in total. The van der Waals surface area contributed by atoms with Crippen LogP contribution in [0.5, 0.6) is 0 Å². The molecule has 0 saturated carbocycles. The Balaban J connectivity index is 0.000000162. The van der Waals surface area contributed by atoms with Crippen molar-refractivity contribution in [2.45, 2.75) is 39.2 Å². The lowest BCUT2D eigenvalue weighted by Crippen LogP contribution is -2.34. The number of carbonyl (C=O) groups is 1. The third-order valence-electron chi connectivity index (χ3n) is 3.14. The second-order valence-electron chi connectivity index (χ2n) is 6.24. The zero-order valence-electron chi connectivity index (χ0n) is 13.2. The van der Waals surface area contributed by atoms with E-state index in [4.69, 9.17) is 4.74 Å². The van der Waals surface area contributed by atoms with Crippen LogP contribution in [0.4, 0.5) is 4.79 Å². The fourth-order valence-electron chi connectivity index (χ4n) is 2.13. The molecular weight excluding hydrogens is 346 g/mol. The second kappa shape index (κ2) is 7.13. The van der Waals surface area contributed by atoms with Gasteiger partial charge in [0.25, 0.3) is 0 Å². The highest BCUT2D eigenvalue weighted by molar-refractivity contribution is 9.10. The number of nitrogens with one attached hydrogen (secondary N) is 1. The van der Waals surface area contributed by atoms with Crippen molar-refractivity contribution in [1.29, 1.82) is 0 Å². The third-order valence-corrected chi connectivity index (χ3v) is 3.63. The number of halogens is 1. The molecule has 1 aliphatic heterocycles. The highest BCUT2D eigenvalue weighted by atomic mass is 79.9. The molecule has 2 heterocycles. The van der Waals surface area contributed by atoms with Gasteiger partial charge in [0.1, 0.15) is 5.60 Å². The maximum atomic E-state index is 11.4. The Morgan fingerprint density at radius 1 is 1.32 bits per heavy atom. The minimum Gasteiger partial charge on any atom is -0.444 e. The van der Waals surface area contributed by atoms with Crippen molar-refractivity contribution in [2.24, 2.45) is 0 Å². The van der Waals surface area contributed by atoms with E-state index in [1.807, 2.05) is 39.0 Å². The van der Waals surface area contributed by atoms with E-state index in [0.717, 1.165) is 41.4 Å². The molecule has 2 aromatic rings. The number of ether oxygens (including phenoxy) is 1. The SMILES string of the molecule is Brc1ccc2nc[nH]c2c1.CC(C)(C)OC(=O)N1CCCC1. The molecule has 0 bridgehead atoms. The summed E-state index contributed by atoms with van der Waals surface area (Å²) in [6.45, 7) is 7.38. The van der Waals surface area contributed by atoms with E-state index >= 15 is 0 Å². The van der Waals surface area contributed by atoms with Crippen molar-refractivity contribution in [3.63, 3.8) is 0 Å². The Morgan fingerprint density at radius 2 is 2.00 bits per heavy atom. The predicted molar refractivity (Wildman–Crippen MR) is 90.8 cm³/mol. The van der Waals surface area contributed by atoms with Crippen molar-refractivity contribution in [2.75, 3.05) is 13.1 Å². The van der Waals surface area contributed by atoms with Crippen LogP contribution in [0.3, 0.4) is 0 Å². The van der Waals surface area contributed by atoms with Gasteiger partial charge in [-0.25, -0.2) is 9.78 Å². The Bertz CT molecular complexity index is 628. The highest BCUT2D eigenvalue weighted by Crippen LogP contribution is 2.15. The van der Waals surface area contributed by atoms with Crippen LogP contribution in [0, 0.1) is 0 Å². The van der Waals surface area contributed by atoms with E-state index in [2.05, 4.69) is 25.9 Å². The summed E-state index contributed by atoms with van der Waals surface area (Å²) in [6, 6.07) is 5.95. The number of H-pyrrole nitrogens is 1. The summed E-state index contributed by atoms with van der Waals surface area (Å²) < 4.78 is 6.28. The fourth-order valence-corrected chi connectivity index (χ4v) is 2.50. The Kier molecular flexibility index (Phi) is 5.45. The molecular formula is C16H22BrN3O2. The van der Waals surface area contributed by atoms with Gasteiger partial charge in [0, 0.05) is 17.6 Å². The van der Waals surface area contributed by atoms with Gasteiger partial charge in [-0.2, -0.15) is 0 Å². The average molecular weight is 368 g/mol. The maximum absolute atomic E-state index is 11.4. The number of amides is 1. The first-order valence-corrected chi connectivity index (χ1v) is 8.21. The largest absolute Gasteiger partial charge is 0.444 e. The van der Waals surface area contributed by atoms with Gasteiger partial charge in [-0.15, -0.1) is 0 Å². The maximum Gasteiger partial charge on any atom is 0.410 e. The van der Waals surface area contributed by atoms with E-state index in [1.165, 1.54) is 0 Å². The number of rotatable bonds is 0. The number of benzene rings is 1. The van der Waals surface area contributed by atoms with Crippen LogP contribution in [0.1, 0.15) is 33.6 Å². The summed E-state index contributed by atoms with van der Waals surface area (Å²) in [4.78, 5) is 20.2. The monoisotopic (exact) mass is 367 g/mol. The zero-order valence-corrected chi connectivity index (χ0v) is 14.8. The number of likely N-dealkylation sites (tertiary alicyclic amines) is 1. The van der Waals surface area contributed by atoms with Crippen LogP contribution in [0.2, 0.25) is 0 Å². The van der Waals surface area contributed by atoms with Gasteiger partial charge in [0.05, 0.1) is 17.4 Å². The third kappa shape index (κ3) is 5.02. The number of aromatic amines is 1. The van der Waals surface area contributed by atoms with Gasteiger partial charge in [0.15, 0.2) is 0 Å². The number of imidazole rings is 1. The van der Waals surface area contributed by atoms with Crippen molar-refractivity contribution < 1.29 is 9.53 Å². The molecule has 0 atom stereocenters. The fraction of sp³-hybridized carbons (Fsp3) is 0.500. The van der Waals surface area contributed by atoms with Crippen LogP contribution in [0.15, 0.2) is 29.0 Å². The molecule has 1 fully saturated rings. The number of carbonyl (C=O) groups excluding carboxylic acids is 1. The standard InChI is InChI=1S/C9H17NO2.C7H5BrN2/c1-9(2,3)12-8(11)10-6-4-5-7-10;8-5-1-2-6-7(3-5)10-4-9-6/h4-7H2,1-3H3;1-4H,(H,9,10). The highest BCUT2D eigenvalue weighted by Gasteiger charge is 2.23. The molecule has 0 unspecified atom stereocenters. The number of aromatic nitrogens is 2. The molecule has 0 spiro atoms. The van der Waals surface area contributed by atoms with Crippen LogP contribution in [-0.4, -0.2) is 39.7 Å². The van der Waals surface area contributed by atoms with Gasteiger partial charge in [-0.3, -0.25) is 0 Å². The molecule has 1 aliphatic rings. The van der Waals surface area contributed by atoms with Gasteiger partial charge < -0.3 is 14.6 Å². The molecule has 120 valence electrons. The molecule has 5 nitrogen and oxygen atoms in total. The number of hydrogen-bond acceptors (Lipinski definition) is 3. The average Bonchev–Trinajstić information content (AvgIpc) is 3.08. The first-order chi connectivity index (χ1) is 10.3. The molecule has 0 radical (unpaired) electrons.